The third kappa shape index (κ3) is 6.31. The van der Waals surface area contributed by atoms with Crippen molar-refractivity contribution in [2.75, 3.05) is 25.5 Å². The Bertz CT molecular complexity index is 1020. The molecule has 0 bridgehead atoms. The van der Waals surface area contributed by atoms with Gasteiger partial charge in [-0.25, -0.2) is 4.79 Å². The standard InChI is InChI=1S/C25H28N2O5/c1-32-25(31)18-4-9-22(10-5-18)27-21-7-2-17(3-8-21)12-13-26-15-24(30)19-6-11-23(29)20(14-19)16-28/h2-11,14,24,26-30H,12-13,15-16H2,1H3. The van der Waals surface area contributed by atoms with Crippen LogP contribution in [-0.4, -0.2) is 41.5 Å². The van der Waals surface area contributed by atoms with Crippen molar-refractivity contribution in [1.29, 1.82) is 0 Å². The molecule has 168 valence electrons. The molecule has 0 saturated heterocycles. The molecule has 5 N–H and O–H groups in total. The Morgan fingerprint density at radius 1 is 1.00 bits per heavy atom. The van der Waals surface area contributed by atoms with E-state index < -0.39 is 6.10 Å². The second kappa shape index (κ2) is 11.3. The lowest BCUT2D eigenvalue weighted by atomic mass is 10.1. The van der Waals surface area contributed by atoms with Gasteiger partial charge in [0.15, 0.2) is 0 Å². The van der Waals surface area contributed by atoms with Crippen LogP contribution in [0.4, 0.5) is 11.4 Å². The lowest BCUT2D eigenvalue weighted by Gasteiger charge is -2.14. The zero-order valence-electron chi connectivity index (χ0n) is 17.9. The number of nitrogens with one attached hydrogen (secondary N) is 2. The third-order valence-electron chi connectivity index (χ3n) is 5.14. The fraction of sp³-hybridized carbons (Fsp3) is 0.240. The summed E-state index contributed by atoms with van der Waals surface area (Å²) in [4.78, 5) is 11.5. The summed E-state index contributed by atoms with van der Waals surface area (Å²) in [5, 5.41) is 35.7. The summed E-state index contributed by atoms with van der Waals surface area (Å²) in [5.41, 5.74) is 4.52. The zero-order chi connectivity index (χ0) is 22.9. The quantitative estimate of drug-likeness (QED) is 0.245. The van der Waals surface area contributed by atoms with E-state index in [1.54, 1.807) is 24.3 Å². The average molecular weight is 437 g/mol. The first kappa shape index (κ1) is 23.3. The number of carbonyl (C=O) groups excluding carboxylic acids is 1. The molecule has 3 rings (SSSR count). The van der Waals surface area contributed by atoms with Gasteiger partial charge in [0.2, 0.25) is 0 Å². The van der Waals surface area contributed by atoms with Crippen molar-refractivity contribution in [3.63, 3.8) is 0 Å². The summed E-state index contributed by atoms with van der Waals surface area (Å²) < 4.78 is 4.70. The Balaban J connectivity index is 1.44. The van der Waals surface area contributed by atoms with Crippen molar-refractivity contribution in [2.45, 2.75) is 19.1 Å². The number of carbonyl (C=O) groups is 1. The van der Waals surface area contributed by atoms with Gasteiger partial charge >= 0.3 is 5.97 Å². The number of aromatic hydroxyl groups is 1. The highest BCUT2D eigenvalue weighted by atomic mass is 16.5. The number of anilines is 2. The van der Waals surface area contributed by atoms with Crippen LogP contribution in [-0.2, 0) is 17.8 Å². The van der Waals surface area contributed by atoms with E-state index in [4.69, 9.17) is 4.74 Å². The van der Waals surface area contributed by atoms with Crippen molar-refractivity contribution in [3.05, 3.63) is 89.0 Å². The van der Waals surface area contributed by atoms with Gasteiger partial charge in [0.25, 0.3) is 0 Å². The maximum atomic E-state index is 11.5. The van der Waals surface area contributed by atoms with Crippen molar-refractivity contribution >= 4 is 17.3 Å². The second-order valence-corrected chi connectivity index (χ2v) is 7.41. The topological polar surface area (TPSA) is 111 Å². The fourth-order valence-electron chi connectivity index (χ4n) is 3.26. The van der Waals surface area contributed by atoms with Gasteiger partial charge in [-0.05, 0) is 72.6 Å². The van der Waals surface area contributed by atoms with E-state index in [9.17, 15) is 20.1 Å². The number of hydrogen-bond donors (Lipinski definition) is 5. The monoisotopic (exact) mass is 436 g/mol. The fourth-order valence-corrected chi connectivity index (χ4v) is 3.26. The molecule has 1 unspecified atom stereocenters. The Hall–Kier alpha value is -3.39. The minimum absolute atomic E-state index is 0.0209. The third-order valence-corrected chi connectivity index (χ3v) is 5.14. The number of hydrogen-bond acceptors (Lipinski definition) is 7. The van der Waals surface area contributed by atoms with E-state index in [2.05, 4.69) is 10.6 Å². The van der Waals surface area contributed by atoms with Crippen LogP contribution in [0.2, 0.25) is 0 Å². The Morgan fingerprint density at radius 3 is 2.28 bits per heavy atom. The predicted octanol–water partition coefficient (Wildman–Crippen LogP) is 3.28. The number of benzene rings is 3. The highest BCUT2D eigenvalue weighted by Gasteiger charge is 2.10. The van der Waals surface area contributed by atoms with Crippen LogP contribution in [0.5, 0.6) is 5.75 Å². The van der Waals surface area contributed by atoms with E-state index >= 15 is 0 Å². The molecule has 0 spiro atoms. The number of ether oxygens (including phenoxy) is 1. The van der Waals surface area contributed by atoms with E-state index in [0.29, 0.717) is 29.8 Å². The first-order valence-corrected chi connectivity index (χ1v) is 10.4. The van der Waals surface area contributed by atoms with Crippen LogP contribution in [0.3, 0.4) is 0 Å². The average Bonchev–Trinajstić information content (AvgIpc) is 2.83. The van der Waals surface area contributed by atoms with Crippen LogP contribution in [0, 0.1) is 0 Å². The van der Waals surface area contributed by atoms with Crippen LogP contribution in [0.25, 0.3) is 0 Å². The first-order chi connectivity index (χ1) is 15.5. The summed E-state index contributed by atoms with van der Waals surface area (Å²) in [6, 6.07) is 19.9. The highest BCUT2D eigenvalue weighted by molar-refractivity contribution is 5.89. The number of methoxy groups -OCH3 is 1. The van der Waals surface area contributed by atoms with Crippen molar-refractivity contribution < 1.29 is 24.9 Å². The van der Waals surface area contributed by atoms with Crippen LogP contribution in [0.15, 0.2) is 66.7 Å². The molecule has 1 atom stereocenters. The van der Waals surface area contributed by atoms with Crippen LogP contribution in [0.1, 0.15) is 33.2 Å². The molecule has 0 aliphatic heterocycles. The molecule has 7 heteroatoms. The molecule has 0 aromatic heterocycles. The van der Waals surface area contributed by atoms with Crippen molar-refractivity contribution in [2.24, 2.45) is 0 Å². The molecular weight excluding hydrogens is 408 g/mol. The number of phenols is 1. The van der Waals surface area contributed by atoms with Gasteiger partial charge in [-0.15, -0.1) is 0 Å². The maximum Gasteiger partial charge on any atom is 0.337 e. The Labute approximate surface area is 187 Å². The number of esters is 1. The molecule has 3 aromatic carbocycles. The summed E-state index contributed by atoms with van der Waals surface area (Å²) in [7, 11) is 1.36. The number of aliphatic hydroxyl groups excluding tert-OH is 2. The maximum absolute atomic E-state index is 11.5. The van der Waals surface area contributed by atoms with Crippen LogP contribution < -0.4 is 10.6 Å². The van der Waals surface area contributed by atoms with Crippen molar-refractivity contribution in [3.8, 4) is 5.75 Å². The first-order valence-electron chi connectivity index (χ1n) is 10.4. The lowest BCUT2D eigenvalue weighted by molar-refractivity contribution is 0.0600. The molecule has 0 aliphatic rings. The molecule has 32 heavy (non-hydrogen) atoms. The molecule has 0 radical (unpaired) electrons. The van der Waals surface area contributed by atoms with E-state index in [0.717, 1.165) is 23.4 Å². The molecule has 7 nitrogen and oxygen atoms in total. The summed E-state index contributed by atoms with van der Waals surface area (Å²) in [6.07, 6.45) is 0.0798. The van der Waals surface area contributed by atoms with Gasteiger partial charge in [0.05, 0.1) is 25.4 Å². The lowest BCUT2D eigenvalue weighted by Crippen LogP contribution is -2.23. The van der Waals surface area contributed by atoms with Gasteiger partial charge in [0.1, 0.15) is 5.75 Å². The van der Waals surface area contributed by atoms with Gasteiger partial charge in [-0.3, -0.25) is 0 Å². The molecule has 0 heterocycles. The van der Waals surface area contributed by atoms with Gasteiger partial charge in [-0.1, -0.05) is 18.2 Å². The number of aliphatic hydroxyl groups is 2. The molecular formula is C25H28N2O5. The molecule has 0 fully saturated rings. The molecule has 3 aromatic rings. The van der Waals surface area contributed by atoms with E-state index in [1.807, 2.05) is 36.4 Å². The Kier molecular flexibility index (Phi) is 8.21. The highest BCUT2D eigenvalue weighted by Crippen LogP contribution is 2.22. The zero-order valence-corrected chi connectivity index (χ0v) is 17.9. The minimum atomic E-state index is -0.724. The summed E-state index contributed by atoms with van der Waals surface area (Å²) >= 11 is 0. The SMILES string of the molecule is COC(=O)c1ccc(Nc2ccc(CCNCC(O)c3ccc(O)c(CO)c3)cc2)cc1. The van der Waals surface area contributed by atoms with Gasteiger partial charge in [0, 0.05) is 23.5 Å². The molecule has 0 aliphatic carbocycles. The molecule has 0 saturated carbocycles. The van der Waals surface area contributed by atoms with Crippen molar-refractivity contribution in [1.82, 2.24) is 5.32 Å². The van der Waals surface area contributed by atoms with E-state index in [1.165, 1.54) is 13.2 Å². The van der Waals surface area contributed by atoms with Crippen LogP contribution >= 0.6 is 0 Å². The molecule has 0 amide bonds. The second-order valence-electron chi connectivity index (χ2n) is 7.41. The largest absolute Gasteiger partial charge is 0.508 e. The van der Waals surface area contributed by atoms with Gasteiger partial charge in [-0.2, -0.15) is 0 Å². The predicted molar refractivity (Wildman–Crippen MR) is 123 cm³/mol. The van der Waals surface area contributed by atoms with E-state index in [-0.39, 0.29) is 18.3 Å². The number of rotatable bonds is 10. The smallest absolute Gasteiger partial charge is 0.337 e. The minimum Gasteiger partial charge on any atom is -0.508 e. The normalized spacial score (nSPS) is 11.7. The van der Waals surface area contributed by atoms with Gasteiger partial charge < -0.3 is 30.7 Å². The summed E-state index contributed by atoms with van der Waals surface area (Å²) in [5.74, 6) is -0.340. The Morgan fingerprint density at radius 2 is 1.66 bits per heavy atom. The summed E-state index contributed by atoms with van der Waals surface area (Å²) in [6.45, 7) is 0.796.